The maximum Gasteiger partial charge on any atom is 0.251 e. The van der Waals surface area contributed by atoms with Crippen LogP contribution in [0.15, 0.2) is 23.2 Å². The Kier molecular flexibility index (Phi) is 8.64. The van der Waals surface area contributed by atoms with Gasteiger partial charge in [0.2, 0.25) is 11.9 Å². The van der Waals surface area contributed by atoms with Crippen LogP contribution in [0.25, 0.3) is 0 Å². The third kappa shape index (κ3) is 6.11. The summed E-state index contributed by atoms with van der Waals surface area (Å²) in [6.07, 6.45) is 15.9. The number of amides is 2. The third-order valence-corrected chi connectivity index (χ3v) is 8.50. The first-order valence-electron chi connectivity index (χ1n) is 14.5. The largest absolute Gasteiger partial charge is 0.494 e. The SMILES string of the molecule is O=C1NC2=Nc3ccc(OCCCCCC(=O)N(C4CCCCC4)C4CCCCC4)cc3CN2C1CO. The fraction of sp³-hybridized carbons (Fsp3) is 0.690. The number of fused-ring (bicyclic) bond motifs is 2. The van der Waals surface area contributed by atoms with E-state index >= 15 is 0 Å². The maximum atomic E-state index is 13.3. The molecule has 8 heteroatoms. The predicted octanol–water partition coefficient (Wildman–Crippen LogP) is 4.41. The number of hydrogen-bond acceptors (Lipinski definition) is 6. The van der Waals surface area contributed by atoms with E-state index in [-0.39, 0.29) is 12.5 Å². The summed E-state index contributed by atoms with van der Waals surface area (Å²) in [5, 5.41) is 12.3. The lowest BCUT2D eigenvalue weighted by molar-refractivity contribution is -0.138. The number of aliphatic hydroxyl groups excluding tert-OH is 1. The standard InChI is InChI=1S/C29H42N4O4/c34-20-26-28(36)31-29-30-25-16-15-24(18-21(25)19-32(26)29)37-17-9-3-8-14-27(35)33(22-10-4-1-5-11-22)23-12-6-2-7-13-23/h15-16,18,22-23,26,34H,1-14,17,19-20H2,(H,30,31,36). The molecule has 1 atom stereocenters. The van der Waals surface area contributed by atoms with Gasteiger partial charge < -0.3 is 19.6 Å². The Balaban J connectivity index is 1.06. The molecule has 2 heterocycles. The normalized spacial score (nSPS) is 22.2. The summed E-state index contributed by atoms with van der Waals surface area (Å²) < 4.78 is 6.01. The first kappa shape index (κ1) is 26.0. The summed E-state index contributed by atoms with van der Waals surface area (Å²) in [6, 6.07) is 6.15. The molecule has 0 aromatic heterocycles. The average Bonchev–Trinajstić information content (AvgIpc) is 3.24. The first-order chi connectivity index (χ1) is 18.1. The Hall–Kier alpha value is -2.61. The number of carbonyl (C=O) groups excluding carboxylic acids is 2. The van der Waals surface area contributed by atoms with Gasteiger partial charge in [-0.25, -0.2) is 4.99 Å². The lowest BCUT2D eigenvalue weighted by Gasteiger charge is -2.42. The highest BCUT2D eigenvalue weighted by Crippen LogP contribution is 2.33. The smallest absolute Gasteiger partial charge is 0.251 e. The molecule has 2 amide bonds. The van der Waals surface area contributed by atoms with Gasteiger partial charge in [0.1, 0.15) is 11.8 Å². The Morgan fingerprint density at radius 3 is 2.41 bits per heavy atom. The van der Waals surface area contributed by atoms with Gasteiger partial charge in [0.25, 0.3) is 5.91 Å². The fourth-order valence-electron chi connectivity index (χ4n) is 6.50. The van der Waals surface area contributed by atoms with E-state index in [9.17, 15) is 14.7 Å². The molecule has 8 nitrogen and oxygen atoms in total. The number of nitrogens with one attached hydrogen (secondary N) is 1. The van der Waals surface area contributed by atoms with Crippen molar-refractivity contribution in [2.24, 2.45) is 4.99 Å². The second-order valence-corrected chi connectivity index (χ2v) is 11.1. The van der Waals surface area contributed by atoms with E-state index in [1.165, 1.54) is 64.2 Å². The summed E-state index contributed by atoms with van der Waals surface area (Å²) in [7, 11) is 0. The number of ether oxygens (including phenoxy) is 1. The van der Waals surface area contributed by atoms with E-state index in [0.717, 1.165) is 36.3 Å². The Bertz CT molecular complexity index is 966. The minimum Gasteiger partial charge on any atom is -0.494 e. The van der Waals surface area contributed by atoms with Gasteiger partial charge in [-0.15, -0.1) is 0 Å². The number of guanidine groups is 1. The van der Waals surface area contributed by atoms with Crippen LogP contribution in [-0.2, 0) is 16.1 Å². The Morgan fingerprint density at radius 1 is 1.03 bits per heavy atom. The van der Waals surface area contributed by atoms with Crippen molar-refractivity contribution >= 4 is 23.5 Å². The van der Waals surface area contributed by atoms with Gasteiger partial charge in [0.15, 0.2) is 0 Å². The first-order valence-corrected chi connectivity index (χ1v) is 14.5. The van der Waals surface area contributed by atoms with Gasteiger partial charge in [0.05, 0.1) is 18.9 Å². The quantitative estimate of drug-likeness (QED) is 0.455. The van der Waals surface area contributed by atoms with Crippen LogP contribution in [0.5, 0.6) is 5.75 Å². The highest BCUT2D eigenvalue weighted by atomic mass is 16.5. The van der Waals surface area contributed by atoms with Gasteiger partial charge in [-0.3, -0.25) is 14.9 Å². The van der Waals surface area contributed by atoms with Gasteiger partial charge in [-0.2, -0.15) is 0 Å². The topological polar surface area (TPSA) is 94.5 Å². The molecule has 3 fully saturated rings. The van der Waals surface area contributed by atoms with Crippen LogP contribution < -0.4 is 10.1 Å². The third-order valence-electron chi connectivity index (χ3n) is 8.50. The van der Waals surface area contributed by atoms with Crippen LogP contribution in [-0.4, -0.2) is 64.0 Å². The molecule has 2 N–H and O–H groups in total. The van der Waals surface area contributed by atoms with E-state index in [0.29, 0.717) is 43.5 Å². The second-order valence-electron chi connectivity index (χ2n) is 11.1. The molecule has 2 aliphatic carbocycles. The van der Waals surface area contributed by atoms with Gasteiger partial charge in [-0.05, 0) is 63.1 Å². The van der Waals surface area contributed by atoms with Crippen molar-refractivity contribution in [3.63, 3.8) is 0 Å². The molecule has 4 aliphatic rings. The van der Waals surface area contributed by atoms with Crippen LogP contribution in [0.3, 0.4) is 0 Å². The molecule has 1 unspecified atom stereocenters. The lowest BCUT2D eigenvalue weighted by Crippen LogP contribution is -2.48. The van der Waals surface area contributed by atoms with Gasteiger partial charge >= 0.3 is 0 Å². The van der Waals surface area contributed by atoms with Crippen LogP contribution in [0.1, 0.15) is 95.5 Å². The molecule has 2 aliphatic heterocycles. The molecular weight excluding hydrogens is 468 g/mol. The number of aliphatic imine (C=N–C) groups is 1. The lowest BCUT2D eigenvalue weighted by atomic mass is 9.88. The zero-order chi connectivity index (χ0) is 25.6. The monoisotopic (exact) mass is 510 g/mol. The molecule has 0 spiro atoms. The van der Waals surface area contributed by atoms with E-state index in [2.05, 4.69) is 15.2 Å². The van der Waals surface area contributed by atoms with Crippen LogP contribution in [0, 0.1) is 0 Å². The highest BCUT2D eigenvalue weighted by Gasteiger charge is 2.38. The molecule has 1 aromatic rings. The van der Waals surface area contributed by atoms with Crippen LogP contribution in [0.4, 0.5) is 5.69 Å². The van der Waals surface area contributed by atoms with Gasteiger partial charge in [0, 0.05) is 30.6 Å². The predicted molar refractivity (Wildman–Crippen MR) is 143 cm³/mol. The zero-order valence-electron chi connectivity index (χ0n) is 22.0. The molecule has 0 bridgehead atoms. The Labute approximate surface area is 220 Å². The minimum atomic E-state index is -0.591. The molecule has 1 saturated heterocycles. The number of unbranched alkanes of at least 4 members (excludes halogenated alkanes) is 2. The fourth-order valence-corrected chi connectivity index (χ4v) is 6.50. The van der Waals surface area contributed by atoms with Crippen molar-refractivity contribution in [3.8, 4) is 5.75 Å². The summed E-state index contributed by atoms with van der Waals surface area (Å²) in [5.74, 6) is 1.45. The molecule has 1 aromatic carbocycles. The van der Waals surface area contributed by atoms with Crippen molar-refractivity contribution in [2.75, 3.05) is 13.2 Å². The number of benzene rings is 1. The number of nitrogens with zero attached hydrogens (tertiary/aromatic N) is 3. The summed E-state index contributed by atoms with van der Waals surface area (Å²) in [5.41, 5.74) is 1.80. The number of carbonyl (C=O) groups is 2. The molecule has 37 heavy (non-hydrogen) atoms. The van der Waals surface area contributed by atoms with Crippen molar-refractivity contribution in [1.29, 1.82) is 0 Å². The minimum absolute atomic E-state index is 0.218. The Morgan fingerprint density at radius 2 is 1.73 bits per heavy atom. The molecule has 5 rings (SSSR count). The molecule has 0 radical (unpaired) electrons. The van der Waals surface area contributed by atoms with E-state index in [1.54, 1.807) is 4.90 Å². The van der Waals surface area contributed by atoms with Crippen molar-refractivity contribution < 1.29 is 19.4 Å². The van der Waals surface area contributed by atoms with Crippen molar-refractivity contribution in [2.45, 2.75) is 115 Å². The van der Waals surface area contributed by atoms with E-state index < -0.39 is 6.04 Å². The number of aliphatic hydroxyl groups is 1. The van der Waals surface area contributed by atoms with E-state index in [4.69, 9.17) is 4.74 Å². The van der Waals surface area contributed by atoms with Crippen molar-refractivity contribution in [1.82, 2.24) is 15.1 Å². The zero-order valence-corrected chi connectivity index (χ0v) is 22.0. The maximum absolute atomic E-state index is 13.3. The average molecular weight is 511 g/mol. The highest BCUT2D eigenvalue weighted by molar-refractivity contribution is 6.07. The number of rotatable bonds is 10. The molecule has 2 saturated carbocycles. The molecular formula is C29H42N4O4. The summed E-state index contributed by atoms with van der Waals surface area (Å²) >= 11 is 0. The second kappa shape index (κ2) is 12.3. The van der Waals surface area contributed by atoms with Gasteiger partial charge in [-0.1, -0.05) is 38.5 Å². The summed E-state index contributed by atoms with van der Waals surface area (Å²) in [6.45, 7) is 0.882. The van der Waals surface area contributed by atoms with Crippen LogP contribution in [0.2, 0.25) is 0 Å². The number of hydrogen-bond donors (Lipinski definition) is 2. The van der Waals surface area contributed by atoms with E-state index in [1.807, 2.05) is 18.2 Å². The summed E-state index contributed by atoms with van der Waals surface area (Å²) in [4.78, 5) is 34.0. The molecule has 202 valence electrons. The van der Waals surface area contributed by atoms with Crippen molar-refractivity contribution in [3.05, 3.63) is 23.8 Å². The van der Waals surface area contributed by atoms with Crippen LogP contribution >= 0.6 is 0 Å².